The molecule has 1 saturated heterocycles. The van der Waals surface area contributed by atoms with E-state index < -0.39 is 5.60 Å². The van der Waals surface area contributed by atoms with Crippen LogP contribution in [0.5, 0.6) is 0 Å². The van der Waals surface area contributed by atoms with Gasteiger partial charge in [-0.1, -0.05) is 12.1 Å². The number of β-amino-alcohol motifs (C(OH)–C–C–N with tert-alkyl or cyclic N) is 1. The van der Waals surface area contributed by atoms with Gasteiger partial charge in [0.25, 0.3) is 0 Å². The first-order valence-electron chi connectivity index (χ1n) is 9.80. The van der Waals surface area contributed by atoms with E-state index in [1.165, 1.54) is 25.7 Å². The van der Waals surface area contributed by atoms with E-state index in [-0.39, 0.29) is 0 Å². The predicted molar refractivity (Wildman–Crippen MR) is 101 cm³/mol. The SMILES string of the molecule is O[C@@]1(CNCC2CCC(c3nc4ccccc4[nH]3)CC2)CCCNC1. The Morgan fingerprint density at radius 1 is 1.20 bits per heavy atom. The van der Waals surface area contributed by atoms with Crippen LogP contribution in [0.4, 0.5) is 0 Å². The number of nitrogens with one attached hydrogen (secondary N) is 3. The quantitative estimate of drug-likeness (QED) is 0.674. The summed E-state index contributed by atoms with van der Waals surface area (Å²) in [5, 5.41) is 17.3. The summed E-state index contributed by atoms with van der Waals surface area (Å²) in [4.78, 5) is 8.29. The molecule has 5 nitrogen and oxygen atoms in total. The molecule has 2 aliphatic rings. The average Bonchev–Trinajstić information content (AvgIpc) is 3.07. The van der Waals surface area contributed by atoms with Crippen LogP contribution in [-0.2, 0) is 0 Å². The van der Waals surface area contributed by atoms with Crippen LogP contribution in [0, 0.1) is 5.92 Å². The number of hydrogen-bond donors (Lipinski definition) is 4. The van der Waals surface area contributed by atoms with E-state index in [1.807, 2.05) is 6.07 Å². The molecule has 0 spiro atoms. The summed E-state index contributed by atoms with van der Waals surface area (Å²) in [6.45, 7) is 3.49. The van der Waals surface area contributed by atoms with Crippen LogP contribution in [0.3, 0.4) is 0 Å². The Kier molecular flexibility index (Phi) is 5.06. The zero-order valence-corrected chi connectivity index (χ0v) is 14.9. The molecule has 25 heavy (non-hydrogen) atoms. The van der Waals surface area contributed by atoms with Crippen molar-refractivity contribution in [3.05, 3.63) is 30.1 Å². The van der Waals surface area contributed by atoms with Crippen LogP contribution < -0.4 is 10.6 Å². The summed E-state index contributed by atoms with van der Waals surface area (Å²) in [7, 11) is 0. The first-order chi connectivity index (χ1) is 12.2. The van der Waals surface area contributed by atoms with Crippen molar-refractivity contribution in [1.29, 1.82) is 0 Å². The second kappa shape index (κ2) is 7.44. The molecule has 1 atom stereocenters. The van der Waals surface area contributed by atoms with Crippen molar-refractivity contribution in [3.63, 3.8) is 0 Å². The first kappa shape index (κ1) is 17.0. The van der Waals surface area contributed by atoms with Crippen LogP contribution >= 0.6 is 0 Å². The van der Waals surface area contributed by atoms with Crippen molar-refractivity contribution in [2.75, 3.05) is 26.2 Å². The minimum Gasteiger partial charge on any atom is -0.387 e. The highest BCUT2D eigenvalue weighted by Crippen LogP contribution is 2.35. The van der Waals surface area contributed by atoms with Gasteiger partial charge in [-0.25, -0.2) is 4.98 Å². The van der Waals surface area contributed by atoms with Crippen LogP contribution in [0.15, 0.2) is 24.3 Å². The van der Waals surface area contributed by atoms with Crippen LogP contribution in [0.1, 0.15) is 50.3 Å². The van der Waals surface area contributed by atoms with Crippen molar-refractivity contribution >= 4 is 11.0 Å². The summed E-state index contributed by atoms with van der Waals surface area (Å²) >= 11 is 0. The molecule has 2 heterocycles. The monoisotopic (exact) mass is 342 g/mol. The van der Waals surface area contributed by atoms with Gasteiger partial charge in [-0.2, -0.15) is 0 Å². The van der Waals surface area contributed by atoms with E-state index >= 15 is 0 Å². The van der Waals surface area contributed by atoms with Crippen molar-refractivity contribution in [2.45, 2.75) is 50.0 Å². The van der Waals surface area contributed by atoms with E-state index in [0.29, 0.717) is 12.5 Å². The molecule has 2 fully saturated rings. The smallest absolute Gasteiger partial charge is 0.110 e. The van der Waals surface area contributed by atoms with Gasteiger partial charge < -0.3 is 20.7 Å². The molecule has 0 unspecified atom stereocenters. The molecule has 4 rings (SSSR count). The number of aromatic amines is 1. The number of piperidine rings is 1. The molecule has 1 aromatic carbocycles. The Morgan fingerprint density at radius 2 is 2.04 bits per heavy atom. The predicted octanol–water partition coefficient (Wildman–Crippen LogP) is 2.54. The van der Waals surface area contributed by atoms with Gasteiger partial charge in [0.2, 0.25) is 0 Å². The second-order valence-electron chi connectivity index (χ2n) is 7.99. The molecule has 1 aromatic heterocycles. The number of hydrogen-bond acceptors (Lipinski definition) is 4. The fraction of sp³-hybridized carbons (Fsp3) is 0.650. The molecule has 5 heteroatoms. The number of H-pyrrole nitrogens is 1. The zero-order valence-electron chi connectivity index (χ0n) is 14.9. The minimum absolute atomic E-state index is 0.552. The Labute approximate surface area is 149 Å². The molecule has 136 valence electrons. The van der Waals surface area contributed by atoms with Crippen molar-refractivity contribution in [3.8, 4) is 0 Å². The fourth-order valence-corrected chi connectivity index (χ4v) is 4.42. The maximum absolute atomic E-state index is 10.5. The van der Waals surface area contributed by atoms with E-state index in [1.54, 1.807) is 0 Å². The first-order valence-corrected chi connectivity index (χ1v) is 9.80. The second-order valence-corrected chi connectivity index (χ2v) is 7.99. The third kappa shape index (κ3) is 4.05. The van der Waals surface area contributed by atoms with Gasteiger partial charge in [0.15, 0.2) is 0 Å². The molecule has 0 bridgehead atoms. The average molecular weight is 342 g/mol. The largest absolute Gasteiger partial charge is 0.387 e. The summed E-state index contributed by atoms with van der Waals surface area (Å²) in [6, 6.07) is 8.29. The van der Waals surface area contributed by atoms with Gasteiger partial charge in [0.1, 0.15) is 5.82 Å². The summed E-state index contributed by atoms with van der Waals surface area (Å²) in [5.41, 5.74) is 1.68. The third-order valence-electron chi connectivity index (χ3n) is 5.98. The number of fused-ring (bicyclic) bond motifs is 1. The lowest BCUT2D eigenvalue weighted by molar-refractivity contribution is 0.0161. The van der Waals surface area contributed by atoms with Gasteiger partial charge in [-0.3, -0.25) is 0 Å². The summed E-state index contributed by atoms with van der Waals surface area (Å²) in [6.07, 6.45) is 6.87. The van der Waals surface area contributed by atoms with E-state index in [4.69, 9.17) is 4.98 Å². The fourth-order valence-electron chi connectivity index (χ4n) is 4.42. The van der Waals surface area contributed by atoms with E-state index in [2.05, 4.69) is 33.8 Å². The molecular formula is C20H30N4O. The molecular weight excluding hydrogens is 312 g/mol. The molecule has 1 saturated carbocycles. The number of rotatable bonds is 5. The van der Waals surface area contributed by atoms with E-state index in [9.17, 15) is 5.11 Å². The van der Waals surface area contributed by atoms with Gasteiger partial charge in [0.05, 0.1) is 16.6 Å². The van der Waals surface area contributed by atoms with Gasteiger partial charge >= 0.3 is 0 Å². The minimum atomic E-state index is -0.552. The summed E-state index contributed by atoms with van der Waals surface area (Å²) in [5.74, 6) is 2.45. The molecule has 4 N–H and O–H groups in total. The Bertz CT molecular complexity index is 651. The topological polar surface area (TPSA) is 73.0 Å². The number of benzene rings is 1. The number of nitrogens with zero attached hydrogens (tertiary/aromatic N) is 1. The highest BCUT2D eigenvalue weighted by Gasteiger charge is 2.29. The highest BCUT2D eigenvalue weighted by molar-refractivity contribution is 5.74. The lowest BCUT2D eigenvalue weighted by Crippen LogP contribution is -2.52. The van der Waals surface area contributed by atoms with Crippen molar-refractivity contribution in [2.24, 2.45) is 5.92 Å². The standard InChI is InChI=1S/C20H30N4O/c25-20(10-3-11-21-13-20)14-22-12-15-6-8-16(9-7-15)19-23-17-4-1-2-5-18(17)24-19/h1-2,4-5,15-16,21-22,25H,3,6-14H2,(H,23,24)/t15?,16?,20-/m0/s1. The molecule has 1 aliphatic heterocycles. The Morgan fingerprint density at radius 3 is 2.80 bits per heavy atom. The lowest BCUT2D eigenvalue weighted by Gasteiger charge is -2.34. The lowest BCUT2D eigenvalue weighted by atomic mass is 9.81. The Balaban J connectivity index is 1.24. The van der Waals surface area contributed by atoms with Gasteiger partial charge in [0, 0.05) is 19.0 Å². The van der Waals surface area contributed by atoms with E-state index in [0.717, 1.165) is 55.3 Å². The normalized spacial score (nSPS) is 30.6. The molecule has 0 radical (unpaired) electrons. The van der Waals surface area contributed by atoms with Crippen LogP contribution in [0.25, 0.3) is 11.0 Å². The van der Waals surface area contributed by atoms with Crippen LogP contribution in [0.2, 0.25) is 0 Å². The summed E-state index contributed by atoms with van der Waals surface area (Å²) < 4.78 is 0. The maximum Gasteiger partial charge on any atom is 0.110 e. The molecule has 2 aromatic rings. The molecule has 0 amide bonds. The van der Waals surface area contributed by atoms with Crippen molar-refractivity contribution in [1.82, 2.24) is 20.6 Å². The number of para-hydroxylation sites is 2. The number of aromatic nitrogens is 2. The number of aliphatic hydroxyl groups is 1. The molecule has 1 aliphatic carbocycles. The van der Waals surface area contributed by atoms with Gasteiger partial charge in [-0.05, 0) is 69.7 Å². The maximum atomic E-state index is 10.5. The number of imidazole rings is 1. The zero-order chi connectivity index (χ0) is 17.1. The Hall–Kier alpha value is -1.43. The van der Waals surface area contributed by atoms with Crippen LogP contribution in [-0.4, -0.2) is 46.9 Å². The highest BCUT2D eigenvalue weighted by atomic mass is 16.3. The third-order valence-corrected chi connectivity index (χ3v) is 5.98. The van der Waals surface area contributed by atoms with Gasteiger partial charge in [-0.15, -0.1) is 0 Å². The van der Waals surface area contributed by atoms with Crippen molar-refractivity contribution < 1.29 is 5.11 Å².